The quantitative estimate of drug-likeness (QED) is 0.570. The number of aryl methyl sites for hydroxylation is 2. The molecule has 0 aromatic carbocycles. The van der Waals surface area contributed by atoms with E-state index in [1.807, 2.05) is 12.4 Å². The van der Waals surface area contributed by atoms with Crippen LogP contribution in [0.1, 0.15) is 26.2 Å². The first kappa shape index (κ1) is 11.6. The third-order valence-corrected chi connectivity index (χ3v) is 2.73. The Hall–Kier alpha value is -0.510. The lowest BCUT2D eigenvalue weighted by Gasteiger charge is -2.00. The van der Waals surface area contributed by atoms with Crippen LogP contribution in [-0.4, -0.2) is 14.5 Å². The molecule has 0 aliphatic rings. The fraction of sp³-hybridized carbons (Fsp3) is 0.700. The molecule has 0 spiro atoms. The number of imidazole rings is 1. The molecule has 1 aromatic heterocycles. The summed E-state index contributed by atoms with van der Waals surface area (Å²) in [6, 6.07) is 0. The van der Waals surface area contributed by atoms with Crippen molar-refractivity contribution >= 4 is 15.9 Å². The van der Waals surface area contributed by atoms with Crippen LogP contribution in [0.4, 0.5) is 0 Å². The standard InChI is InChI=1S/C10H17BrN2O/c1-2-6-12-8-9-13(10(12)14)7-4-3-5-11/h8-9H,2-7H2,1H3. The van der Waals surface area contributed by atoms with Gasteiger partial charge in [0.2, 0.25) is 0 Å². The molecule has 3 nitrogen and oxygen atoms in total. The van der Waals surface area contributed by atoms with E-state index >= 15 is 0 Å². The molecule has 0 unspecified atom stereocenters. The summed E-state index contributed by atoms with van der Waals surface area (Å²) in [7, 11) is 0. The van der Waals surface area contributed by atoms with Crippen LogP contribution < -0.4 is 5.69 Å². The van der Waals surface area contributed by atoms with Gasteiger partial charge in [0.05, 0.1) is 0 Å². The van der Waals surface area contributed by atoms with Crippen molar-refractivity contribution in [3.05, 3.63) is 22.9 Å². The highest BCUT2D eigenvalue weighted by Crippen LogP contribution is 1.97. The van der Waals surface area contributed by atoms with E-state index < -0.39 is 0 Å². The minimum absolute atomic E-state index is 0.126. The van der Waals surface area contributed by atoms with E-state index in [-0.39, 0.29) is 5.69 Å². The number of aromatic nitrogens is 2. The molecule has 0 N–H and O–H groups in total. The molecule has 0 aliphatic heterocycles. The average molecular weight is 261 g/mol. The molecule has 0 radical (unpaired) electrons. The Balaban J connectivity index is 2.56. The van der Waals surface area contributed by atoms with E-state index in [0.717, 1.165) is 37.7 Å². The molecule has 0 saturated carbocycles. The number of hydrogen-bond donors (Lipinski definition) is 0. The van der Waals surface area contributed by atoms with Gasteiger partial charge in [-0.1, -0.05) is 22.9 Å². The summed E-state index contributed by atoms with van der Waals surface area (Å²) in [5, 5.41) is 1.01. The van der Waals surface area contributed by atoms with Crippen LogP contribution in [0, 0.1) is 0 Å². The summed E-state index contributed by atoms with van der Waals surface area (Å²) in [5.41, 5.74) is 0.126. The second-order valence-corrected chi connectivity index (χ2v) is 4.16. The Bertz CT molecular complexity index is 316. The topological polar surface area (TPSA) is 26.9 Å². The van der Waals surface area contributed by atoms with Crippen molar-refractivity contribution in [3.8, 4) is 0 Å². The van der Waals surface area contributed by atoms with Crippen LogP contribution in [-0.2, 0) is 13.1 Å². The van der Waals surface area contributed by atoms with Crippen molar-refractivity contribution in [2.45, 2.75) is 39.3 Å². The maximum atomic E-state index is 11.7. The van der Waals surface area contributed by atoms with E-state index in [4.69, 9.17) is 0 Å². The highest BCUT2D eigenvalue weighted by atomic mass is 79.9. The summed E-state index contributed by atoms with van der Waals surface area (Å²) in [6.45, 7) is 3.74. The molecule has 0 fully saturated rings. The van der Waals surface area contributed by atoms with Crippen LogP contribution in [0.5, 0.6) is 0 Å². The Labute approximate surface area is 92.9 Å². The summed E-state index contributed by atoms with van der Waals surface area (Å²) in [6.07, 6.45) is 6.93. The van der Waals surface area contributed by atoms with Gasteiger partial charge in [-0.3, -0.25) is 9.13 Å². The Kier molecular flexibility index (Phi) is 5.01. The van der Waals surface area contributed by atoms with E-state index in [0.29, 0.717) is 0 Å². The van der Waals surface area contributed by atoms with Crippen molar-refractivity contribution < 1.29 is 0 Å². The number of nitrogens with zero attached hydrogens (tertiary/aromatic N) is 2. The number of alkyl halides is 1. The zero-order chi connectivity index (χ0) is 10.4. The van der Waals surface area contributed by atoms with E-state index in [1.54, 1.807) is 9.13 Å². The van der Waals surface area contributed by atoms with Crippen LogP contribution in [0.25, 0.3) is 0 Å². The Morgan fingerprint density at radius 1 is 1.21 bits per heavy atom. The van der Waals surface area contributed by atoms with Gasteiger partial charge in [0.1, 0.15) is 0 Å². The van der Waals surface area contributed by atoms with Gasteiger partial charge in [0.25, 0.3) is 0 Å². The Morgan fingerprint density at radius 3 is 2.43 bits per heavy atom. The first-order valence-corrected chi connectivity index (χ1v) is 6.23. The second-order valence-electron chi connectivity index (χ2n) is 3.36. The van der Waals surface area contributed by atoms with Gasteiger partial charge in [-0.15, -0.1) is 0 Å². The number of hydrogen-bond acceptors (Lipinski definition) is 1. The lowest BCUT2D eigenvalue weighted by atomic mass is 10.3. The highest BCUT2D eigenvalue weighted by molar-refractivity contribution is 9.09. The first-order chi connectivity index (χ1) is 6.79. The smallest absolute Gasteiger partial charge is 0.299 e. The predicted octanol–water partition coefficient (Wildman–Crippen LogP) is 2.23. The van der Waals surface area contributed by atoms with Gasteiger partial charge >= 0.3 is 5.69 Å². The maximum absolute atomic E-state index is 11.7. The highest BCUT2D eigenvalue weighted by Gasteiger charge is 2.00. The van der Waals surface area contributed by atoms with E-state index in [9.17, 15) is 4.79 Å². The molecular formula is C10H17BrN2O. The van der Waals surface area contributed by atoms with Gasteiger partial charge < -0.3 is 0 Å². The molecule has 0 saturated heterocycles. The average Bonchev–Trinajstić information content (AvgIpc) is 2.51. The molecule has 0 bridgehead atoms. The number of halogens is 1. The molecule has 1 aromatic rings. The van der Waals surface area contributed by atoms with Crippen LogP contribution in [0.15, 0.2) is 17.2 Å². The van der Waals surface area contributed by atoms with Crippen molar-refractivity contribution in [2.75, 3.05) is 5.33 Å². The molecule has 80 valence electrons. The molecular weight excluding hydrogens is 244 g/mol. The minimum Gasteiger partial charge on any atom is -0.299 e. The zero-order valence-corrected chi connectivity index (χ0v) is 10.2. The van der Waals surface area contributed by atoms with Gasteiger partial charge in [0, 0.05) is 30.8 Å². The fourth-order valence-corrected chi connectivity index (χ4v) is 1.81. The second kappa shape index (κ2) is 6.06. The molecule has 4 heteroatoms. The summed E-state index contributed by atoms with van der Waals surface area (Å²) in [5.74, 6) is 0. The number of rotatable bonds is 6. The Morgan fingerprint density at radius 2 is 1.86 bits per heavy atom. The molecule has 0 amide bonds. The third-order valence-electron chi connectivity index (χ3n) is 2.17. The van der Waals surface area contributed by atoms with Gasteiger partial charge in [0.15, 0.2) is 0 Å². The van der Waals surface area contributed by atoms with Crippen molar-refractivity contribution in [3.63, 3.8) is 0 Å². The van der Waals surface area contributed by atoms with E-state index in [2.05, 4.69) is 22.9 Å². The van der Waals surface area contributed by atoms with Crippen LogP contribution >= 0.6 is 15.9 Å². The lowest BCUT2D eigenvalue weighted by Crippen LogP contribution is -2.24. The molecule has 0 aliphatic carbocycles. The monoisotopic (exact) mass is 260 g/mol. The summed E-state index contributed by atoms with van der Waals surface area (Å²) < 4.78 is 3.56. The third kappa shape index (κ3) is 3.01. The number of unbranched alkanes of at least 4 members (excludes halogenated alkanes) is 1. The SMILES string of the molecule is CCCn1ccn(CCCCBr)c1=O. The normalized spacial score (nSPS) is 10.7. The van der Waals surface area contributed by atoms with Gasteiger partial charge in [-0.2, -0.15) is 0 Å². The summed E-state index contributed by atoms with van der Waals surface area (Å²) in [4.78, 5) is 11.7. The van der Waals surface area contributed by atoms with Crippen LogP contribution in [0.2, 0.25) is 0 Å². The van der Waals surface area contributed by atoms with Crippen molar-refractivity contribution in [1.82, 2.24) is 9.13 Å². The molecule has 1 rings (SSSR count). The lowest BCUT2D eigenvalue weighted by molar-refractivity contribution is 0.578. The van der Waals surface area contributed by atoms with Gasteiger partial charge in [-0.05, 0) is 19.3 Å². The summed E-state index contributed by atoms with van der Waals surface area (Å²) >= 11 is 3.38. The van der Waals surface area contributed by atoms with Crippen molar-refractivity contribution in [2.24, 2.45) is 0 Å². The molecule has 0 atom stereocenters. The maximum Gasteiger partial charge on any atom is 0.328 e. The van der Waals surface area contributed by atoms with Crippen molar-refractivity contribution in [1.29, 1.82) is 0 Å². The minimum atomic E-state index is 0.126. The van der Waals surface area contributed by atoms with Crippen LogP contribution in [0.3, 0.4) is 0 Å². The largest absolute Gasteiger partial charge is 0.328 e. The molecule has 1 heterocycles. The van der Waals surface area contributed by atoms with Gasteiger partial charge in [-0.25, -0.2) is 4.79 Å². The first-order valence-electron chi connectivity index (χ1n) is 5.11. The molecule has 14 heavy (non-hydrogen) atoms. The van der Waals surface area contributed by atoms with E-state index in [1.165, 1.54) is 0 Å². The zero-order valence-electron chi connectivity index (χ0n) is 8.58. The predicted molar refractivity (Wildman–Crippen MR) is 62.0 cm³/mol. The fourth-order valence-electron chi connectivity index (χ4n) is 1.41.